The Hall–Kier alpha value is -2.76. The van der Waals surface area contributed by atoms with E-state index < -0.39 is 29.6 Å². The van der Waals surface area contributed by atoms with Gasteiger partial charge in [0, 0.05) is 6.42 Å². The molecule has 120 valence electrons. The average Bonchev–Trinajstić information content (AvgIpc) is 2.51. The van der Waals surface area contributed by atoms with Crippen molar-refractivity contribution in [3.63, 3.8) is 0 Å². The number of aliphatic carboxylic acids is 1. The quantitative estimate of drug-likeness (QED) is 0.859. The van der Waals surface area contributed by atoms with Crippen LogP contribution in [0.2, 0.25) is 0 Å². The number of carboxylic acid groups (broad SMARTS) is 1. The third-order valence-corrected chi connectivity index (χ3v) is 3.26. The largest absolute Gasteiger partial charge is 0.480 e. The first-order valence-corrected chi connectivity index (χ1v) is 6.95. The second-order valence-corrected chi connectivity index (χ2v) is 5.09. The number of hydrogen-bond acceptors (Lipinski definition) is 2. The van der Waals surface area contributed by atoms with Crippen LogP contribution in [-0.2, 0) is 22.4 Å². The van der Waals surface area contributed by atoms with Gasteiger partial charge in [-0.1, -0.05) is 24.3 Å². The predicted octanol–water partition coefficient (Wildman–Crippen LogP) is 2.32. The Balaban J connectivity index is 1.98. The molecule has 0 bridgehead atoms. The van der Waals surface area contributed by atoms with Gasteiger partial charge in [0.2, 0.25) is 5.91 Å². The first-order valence-electron chi connectivity index (χ1n) is 6.95. The van der Waals surface area contributed by atoms with Crippen LogP contribution < -0.4 is 5.32 Å². The maximum atomic E-state index is 12.9. The highest BCUT2D eigenvalue weighted by Crippen LogP contribution is 2.07. The number of nitrogens with one attached hydrogen (secondary N) is 1. The lowest BCUT2D eigenvalue weighted by molar-refractivity contribution is -0.141. The van der Waals surface area contributed by atoms with E-state index in [1.54, 1.807) is 0 Å². The second-order valence-electron chi connectivity index (χ2n) is 5.09. The van der Waals surface area contributed by atoms with Crippen LogP contribution in [0.5, 0.6) is 0 Å². The Morgan fingerprint density at radius 2 is 1.39 bits per heavy atom. The van der Waals surface area contributed by atoms with Crippen molar-refractivity contribution in [2.24, 2.45) is 0 Å². The standard InChI is InChI=1S/C17H15F2NO3/c18-13-5-1-11(2-6-13)9-15(17(22)23)20-16(21)10-12-3-7-14(19)8-4-12/h1-8,15H,9-10H2,(H,20,21)(H,22,23)/t15-/m1/s1. The normalized spacial score (nSPS) is 11.7. The van der Waals surface area contributed by atoms with Crippen LogP contribution in [0.4, 0.5) is 8.78 Å². The SMILES string of the molecule is O=C(Cc1ccc(F)cc1)N[C@H](Cc1ccc(F)cc1)C(=O)O. The molecule has 0 fully saturated rings. The van der Waals surface area contributed by atoms with E-state index in [0.29, 0.717) is 11.1 Å². The van der Waals surface area contributed by atoms with Gasteiger partial charge in [0.05, 0.1) is 6.42 Å². The minimum absolute atomic E-state index is 0.0464. The molecule has 0 unspecified atom stereocenters. The van der Waals surface area contributed by atoms with E-state index in [2.05, 4.69) is 5.32 Å². The molecule has 0 spiro atoms. The molecule has 0 heterocycles. The molecule has 0 aliphatic rings. The first-order chi connectivity index (χ1) is 10.9. The summed E-state index contributed by atoms with van der Waals surface area (Å²) < 4.78 is 25.7. The molecule has 1 amide bonds. The van der Waals surface area contributed by atoms with Crippen molar-refractivity contribution >= 4 is 11.9 Å². The van der Waals surface area contributed by atoms with E-state index in [1.807, 2.05) is 0 Å². The van der Waals surface area contributed by atoms with Gasteiger partial charge in [0.1, 0.15) is 17.7 Å². The molecule has 0 aliphatic carbocycles. The number of carbonyl (C=O) groups excluding carboxylic acids is 1. The molecule has 0 radical (unpaired) electrons. The third-order valence-electron chi connectivity index (χ3n) is 3.26. The van der Waals surface area contributed by atoms with Gasteiger partial charge in [0.15, 0.2) is 0 Å². The highest BCUT2D eigenvalue weighted by atomic mass is 19.1. The van der Waals surface area contributed by atoms with Crippen molar-refractivity contribution in [1.29, 1.82) is 0 Å². The van der Waals surface area contributed by atoms with Crippen LogP contribution in [-0.4, -0.2) is 23.0 Å². The summed E-state index contributed by atoms with van der Waals surface area (Å²) in [6.45, 7) is 0. The average molecular weight is 319 g/mol. The summed E-state index contributed by atoms with van der Waals surface area (Å²) >= 11 is 0. The molecular formula is C17H15F2NO3. The number of halogens is 2. The Kier molecular flexibility index (Phi) is 5.41. The van der Waals surface area contributed by atoms with Gasteiger partial charge in [-0.15, -0.1) is 0 Å². The van der Waals surface area contributed by atoms with Crippen LogP contribution in [0.1, 0.15) is 11.1 Å². The molecule has 1 atom stereocenters. The molecule has 2 N–H and O–H groups in total. The second kappa shape index (κ2) is 7.49. The van der Waals surface area contributed by atoms with Crippen molar-refractivity contribution in [3.05, 3.63) is 71.3 Å². The van der Waals surface area contributed by atoms with E-state index in [9.17, 15) is 23.5 Å². The van der Waals surface area contributed by atoms with Crippen molar-refractivity contribution in [2.45, 2.75) is 18.9 Å². The molecule has 0 saturated heterocycles. The van der Waals surface area contributed by atoms with Gasteiger partial charge in [-0.2, -0.15) is 0 Å². The minimum atomic E-state index is -1.18. The molecule has 0 aliphatic heterocycles. The summed E-state index contributed by atoms with van der Waals surface area (Å²) in [5, 5.41) is 11.6. The number of carboxylic acids is 1. The fraction of sp³-hybridized carbons (Fsp3) is 0.176. The van der Waals surface area contributed by atoms with Crippen LogP contribution >= 0.6 is 0 Å². The monoisotopic (exact) mass is 319 g/mol. The van der Waals surface area contributed by atoms with Crippen molar-refractivity contribution in [1.82, 2.24) is 5.32 Å². The Bertz CT molecular complexity index is 684. The van der Waals surface area contributed by atoms with E-state index in [0.717, 1.165) is 0 Å². The van der Waals surface area contributed by atoms with Crippen LogP contribution in [0.3, 0.4) is 0 Å². The molecule has 23 heavy (non-hydrogen) atoms. The maximum Gasteiger partial charge on any atom is 0.326 e. The number of hydrogen-bond donors (Lipinski definition) is 2. The van der Waals surface area contributed by atoms with Gasteiger partial charge < -0.3 is 10.4 Å². The minimum Gasteiger partial charge on any atom is -0.480 e. The molecule has 2 rings (SSSR count). The fourth-order valence-electron chi connectivity index (χ4n) is 2.09. The summed E-state index contributed by atoms with van der Waals surface area (Å²) in [5.74, 6) is -2.48. The van der Waals surface area contributed by atoms with E-state index >= 15 is 0 Å². The molecule has 2 aromatic rings. The van der Waals surface area contributed by atoms with Crippen molar-refractivity contribution < 1.29 is 23.5 Å². The smallest absolute Gasteiger partial charge is 0.326 e. The zero-order chi connectivity index (χ0) is 16.8. The molecule has 0 aromatic heterocycles. The summed E-state index contributed by atoms with van der Waals surface area (Å²) in [5.41, 5.74) is 1.18. The van der Waals surface area contributed by atoms with E-state index in [-0.39, 0.29) is 12.8 Å². The number of amides is 1. The summed E-state index contributed by atoms with van der Waals surface area (Å²) in [7, 11) is 0. The summed E-state index contributed by atoms with van der Waals surface area (Å²) in [6.07, 6.45) is -0.00174. The lowest BCUT2D eigenvalue weighted by Gasteiger charge is -2.14. The van der Waals surface area contributed by atoms with Gasteiger partial charge in [-0.05, 0) is 35.4 Å². The highest BCUT2D eigenvalue weighted by molar-refractivity contribution is 5.85. The van der Waals surface area contributed by atoms with Crippen LogP contribution in [0.15, 0.2) is 48.5 Å². The number of rotatable bonds is 6. The highest BCUT2D eigenvalue weighted by Gasteiger charge is 2.20. The van der Waals surface area contributed by atoms with Gasteiger partial charge in [-0.3, -0.25) is 4.79 Å². The Morgan fingerprint density at radius 3 is 1.87 bits per heavy atom. The first kappa shape index (κ1) is 16.6. The molecule has 0 saturated carbocycles. The molecule has 4 nitrogen and oxygen atoms in total. The van der Waals surface area contributed by atoms with Gasteiger partial charge >= 0.3 is 5.97 Å². The summed E-state index contributed by atoms with van der Waals surface area (Å²) in [4.78, 5) is 23.2. The van der Waals surface area contributed by atoms with Gasteiger partial charge in [-0.25, -0.2) is 13.6 Å². The Labute approximate surface area is 131 Å². The van der Waals surface area contributed by atoms with E-state index in [4.69, 9.17) is 0 Å². The third kappa shape index (κ3) is 5.18. The maximum absolute atomic E-state index is 12.9. The molecule has 6 heteroatoms. The van der Waals surface area contributed by atoms with E-state index in [1.165, 1.54) is 48.5 Å². The lowest BCUT2D eigenvalue weighted by Crippen LogP contribution is -2.43. The number of carbonyl (C=O) groups is 2. The van der Waals surface area contributed by atoms with Crippen molar-refractivity contribution in [3.8, 4) is 0 Å². The zero-order valence-electron chi connectivity index (χ0n) is 12.1. The fourth-order valence-corrected chi connectivity index (χ4v) is 2.09. The van der Waals surface area contributed by atoms with Crippen molar-refractivity contribution in [2.75, 3.05) is 0 Å². The van der Waals surface area contributed by atoms with Crippen LogP contribution in [0.25, 0.3) is 0 Å². The summed E-state index contributed by atoms with van der Waals surface area (Å²) in [6, 6.07) is 9.67. The van der Waals surface area contributed by atoms with Gasteiger partial charge in [0.25, 0.3) is 0 Å². The predicted molar refractivity (Wildman–Crippen MR) is 79.8 cm³/mol. The topological polar surface area (TPSA) is 66.4 Å². The zero-order valence-corrected chi connectivity index (χ0v) is 12.1. The molecular weight excluding hydrogens is 304 g/mol. The lowest BCUT2D eigenvalue weighted by atomic mass is 10.1. The molecule has 2 aromatic carbocycles. The number of benzene rings is 2. The Morgan fingerprint density at radius 1 is 0.913 bits per heavy atom. The van der Waals surface area contributed by atoms with Crippen LogP contribution in [0, 0.1) is 11.6 Å².